The lowest BCUT2D eigenvalue weighted by Gasteiger charge is -2.39. The summed E-state index contributed by atoms with van der Waals surface area (Å²) in [6, 6.07) is 0. The molecule has 0 atom stereocenters. The third kappa shape index (κ3) is 3.11. The van der Waals surface area contributed by atoms with Gasteiger partial charge in [-0.15, -0.1) is 0 Å². The molecule has 3 aliphatic carbocycles. The molecule has 3 aliphatic rings. The van der Waals surface area contributed by atoms with Crippen LogP contribution in [0, 0.1) is 30.1 Å². The second-order valence-corrected chi connectivity index (χ2v) is 7.28. The molecule has 1 radical (unpaired) electrons. The van der Waals surface area contributed by atoms with Crippen molar-refractivity contribution in [2.75, 3.05) is 0 Å². The van der Waals surface area contributed by atoms with E-state index in [1.54, 1.807) is 38.5 Å². The van der Waals surface area contributed by atoms with Gasteiger partial charge in [0.05, 0.1) is 0 Å². The van der Waals surface area contributed by atoms with Crippen molar-refractivity contribution in [2.45, 2.75) is 83.5 Å². The first-order chi connectivity index (χ1) is 8.93. The molecule has 0 saturated heterocycles. The Kier molecular flexibility index (Phi) is 4.65. The van der Waals surface area contributed by atoms with Gasteiger partial charge >= 0.3 is 0 Å². The quantitative estimate of drug-likeness (QED) is 0.581. The molecule has 0 aromatic heterocycles. The van der Waals surface area contributed by atoms with Crippen LogP contribution >= 0.6 is 0 Å². The van der Waals surface area contributed by atoms with Crippen LogP contribution in [0.1, 0.15) is 83.5 Å². The minimum Gasteiger partial charge on any atom is -0.0533 e. The van der Waals surface area contributed by atoms with Gasteiger partial charge in [-0.05, 0) is 81.5 Å². The van der Waals surface area contributed by atoms with E-state index in [2.05, 4.69) is 6.42 Å². The summed E-state index contributed by atoms with van der Waals surface area (Å²) >= 11 is 0. The zero-order valence-corrected chi connectivity index (χ0v) is 12.1. The Morgan fingerprint density at radius 2 is 0.889 bits per heavy atom. The maximum absolute atomic E-state index is 2.52. The SMILES string of the molecule is [CH]1CCC(C2CCC(C3CCCCC3)CC2)CC1. The van der Waals surface area contributed by atoms with Crippen LogP contribution < -0.4 is 0 Å². The molecule has 0 aromatic carbocycles. The molecule has 0 bridgehead atoms. The Morgan fingerprint density at radius 3 is 1.44 bits per heavy atom. The van der Waals surface area contributed by atoms with E-state index in [1.165, 1.54) is 44.9 Å². The molecule has 0 unspecified atom stereocenters. The third-order valence-corrected chi connectivity index (χ3v) is 6.28. The summed E-state index contributed by atoms with van der Waals surface area (Å²) in [5, 5.41) is 0. The van der Waals surface area contributed by atoms with Crippen molar-refractivity contribution in [1.29, 1.82) is 0 Å². The molecule has 0 nitrogen and oxygen atoms in total. The minimum atomic E-state index is 1.10. The van der Waals surface area contributed by atoms with Crippen molar-refractivity contribution < 1.29 is 0 Å². The van der Waals surface area contributed by atoms with E-state index in [-0.39, 0.29) is 0 Å². The largest absolute Gasteiger partial charge is 0.0533 e. The number of rotatable bonds is 2. The van der Waals surface area contributed by atoms with Gasteiger partial charge in [0, 0.05) is 0 Å². The van der Waals surface area contributed by atoms with E-state index in [0.717, 1.165) is 23.7 Å². The van der Waals surface area contributed by atoms with Gasteiger partial charge in [0.25, 0.3) is 0 Å². The fourth-order valence-electron chi connectivity index (χ4n) is 5.12. The predicted molar refractivity (Wildman–Crippen MR) is 78.3 cm³/mol. The first kappa shape index (κ1) is 13.0. The van der Waals surface area contributed by atoms with E-state index in [1.807, 2.05) is 0 Å². The topological polar surface area (TPSA) is 0 Å². The van der Waals surface area contributed by atoms with Crippen LogP contribution in [0.25, 0.3) is 0 Å². The highest BCUT2D eigenvalue weighted by molar-refractivity contribution is 4.86. The van der Waals surface area contributed by atoms with Crippen LogP contribution in [0.2, 0.25) is 0 Å². The highest BCUT2D eigenvalue weighted by atomic mass is 14.4. The van der Waals surface area contributed by atoms with Gasteiger partial charge in [0.15, 0.2) is 0 Å². The lowest BCUT2D eigenvalue weighted by atomic mass is 9.66. The molecule has 18 heavy (non-hydrogen) atoms. The van der Waals surface area contributed by atoms with Gasteiger partial charge in [-0.2, -0.15) is 0 Å². The zero-order chi connectivity index (χ0) is 12.2. The fraction of sp³-hybridized carbons (Fsp3) is 0.944. The fourth-order valence-corrected chi connectivity index (χ4v) is 5.12. The molecule has 103 valence electrons. The van der Waals surface area contributed by atoms with Crippen LogP contribution in [0.3, 0.4) is 0 Å². The standard InChI is InChI=1S/C18H31/c1-3-7-15(8-4-1)17-11-13-18(14-12-17)16-9-5-2-6-10-16/h1,15-18H,2-14H2. The second-order valence-electron chi connectivity index (χ2n) is 7.28. The molecule has 3 rings (SSSR count). The van der Waals surface area contributed by atoms with E-state index in [0.29, 0.717) is 0 Å². The molecule has 3 saturated carbocycles. The molecular weight excluding hydrogens is 216 g/mol. The Labute approximate surface area is 114 Å². The average Bonchev–Trinajstić information content (AvgIpc) is 2.49. The highest BCUT2D eigenvalue weighted by Crippen LogP contribution is 2.44. The van der Waals surface area contributed by atoms with E-state index in [9.17, 15) is 0 Å². The molecule has 0 N–H and O–H groups in total. The summed E-state index contributed by atoms with van der Waals surface area (Å²) < 4.78 is 0. The van der Waals surface area contributed by atoms with Crippen LogP contribution in [0.4, 0.5) is 0 Å². The van der Waals surface area contributed by atoms with Crippen molar-refractivity contribution in [3.8, 4) is 0 Å². The molecular formula is C18H31. The summed E-state index contributed by atoms with van der Waals surface area (Å²) in [5.74, 6) is 4.46. The lowest BCUT2D eigenvalue weighted by Crippen LogP contribution is -2.27. The van der Waals surface area contributed by atoms with E-state index < -0.39 is 0 Å². The monoisotopic (exact) mass is 247 g/mol. The summed E-state index contributed by atoms with van der Waals surface area (Å²) in [7, 11) is 0. The Bertz CT molecular complexity index is 198. The molecule has 0 amide bonds. The van der Waals surface area contributed by atoms with Crippen LogP contribution in [0.5, 0.6) is 0 Å². The van der Waals surface area contributed by atoms with Gasteiger partial charge in [0.1, 0.15) is 0 Å². The number of hydrogen-bond acceptors (Lipinski definition) is 0. The maximum Gasteiger partial charge on any atom is -0.0386 e. The minimum absolute atomic E-state index is 1.10. The highest BCUT2D eigenvalue weighted by Gasteiger charge is 2.32. The summed E-state index contributed by atoms with van der Waals surface area (Å²) in [5.41, 5.74) is 0. The summed E-state index contributed by atoms with van der Waals surface area (Å²) in [4.78, 5) is 0. The van der Waals surface area contributed by atoms with Crippen LogP contribution in [-0.2, 0) is 0 Å². The Hall–Kier alpha value is 0. The molecule has 3 fully saturated rings. The van der Waals surface area contributed by atoms with Crippen molar-refractivity contribution in [3.63, 3.8) is 0 Å². The summed E-state index contributed by atoms with van der Waals surface area (Å²) in [6.07, 6.45) is 22.4. The molecule has 0 aromatic rings. The average molecular weight is 247 g/mol. The normalized spacial score (nSPS) is 36.7. The van der Waals surface area contributed by atoms with Gasteiger partial charge in [-0.3, -0.25) is 0 Å². The molecule has 0 aliphatic heterocycles. The van der Waals surface area contributed by atoms with Crippen molar-refractivity contribution in [1.82, 2.24) is 0 Å². The van der Waals surface area contributed by atoms with E-state index in [4.69, 9.17) is 0 Å². The molecule has 0 heterocycles. The van der Waals surface area contributed by atoms with Crippen molar-refractivity contribution >= 4 is 0 Å². The van der Waals surface area contributed by atoms with Gasteiger partial charge in [-0.1, -0.05) is 32.1 Å². The number of hydrogen-bond donors (Lipinski definition) is 0. The second kappa shape index (κ2) is 6.44. The van der Waals surface area contributed by atoms with Crippen LogP contribution in [0.15, 0.2) is 0 Å². The first-order valence-electron chi connectivity index (χ1n) is 8.75. The third-order valence-electron chi connectivity index (χ3n) is 6.28. The molecule has 0 heteroatoms. The lowest BCUT2D eigenvalue weighted by molar-refractivity contribution is 0.128. The summed E-state index contributed by atoms with van der Waals surface area (Å²) in [6.45, 7) is 0. The smallest absolute Gasteiger partial charge is 0.0386 e. The van der Waals surface area contributed by atoms with E-state index >= 15 is 0 Å². The maximum atomic E-state index is 2.52. The predicted octanol–water partition coefficient (Wildman–Crippen LogP) is 5.77. The van der Waals surface area contributed by atoms with Gasteiger partial charge < -0.3 is 0 Å². The Morgan fingerprint density at radius 1 is 0.444 bits per heavy atom. The van der Waals surface area contributed by atoms with Crippen LogP contribution in [-0.4, -0.2) is 0 Å². The zero-order valence-electron chi connectivity index (χ0n) is 12.1. The van der Waals surface area contributed by atoms with Crippen molar-refractivity contribution in [2.24, 2.45) is 23.7 Å². The Balaban J connectivity index is 1.45. The first-order valence-corrected chi connectivity index (χ1v) is 8.75. The van der Waals surface area contributed by atoms with Gasteiger partial charge in [-0.25, -0.2) is 0 Å². The van der Waals surface area contributed by atoms with Crippen molar-refractivity contribution in [3.05, 3.63) is 6.42 Å². The van der Waals surface area contributed by atoms with Gasteiger partial charge in [0.2, 0.25) is 0 Å². The molecule has 0 spiro atoms.